The summed E-state index contributed by atoms with van der Waals surface area (Å²) in [6, 6.07) is 0. The predicted molar refractivity (Wildman–Crippen MR) is 62.3 cm³/mol. The quantitative estimate of drug-likeness (QED) is 0.651. The molecule has 2 rings (SSSR count). The van der Waals surface area contributed by atoms with Gasteiger partial charge in [0.25, 0.3) is 14.6 Å². The van der Waals surface area contributed by atoms with E-state index in [2.05, 4.69) is 15.4 Å². The molecular formula is C7H7ClN6O4S. The molecule has 0 spiro atoms. The van der Waals surface area contributed by atoms with Crippen LogP contribution in [0.2, 0.25) is 0 Å². The lowest BCUT2D eigenvalue weighted by molar-refractivity contribution is 0.600. The first-order valence-corrected chi connectivity index (χ1v) is 7.09. The molecule has 102 valence electrons. The molecule has 0 aliphatic carbocycles. The summed E-state index contributed by atoms with van der Waals surface area (Å²) < 4.78 is 23.2. The highest BCUT2D eigenvalue weighted by Gasteiger charge is 2.17. The van der Waals surface area contributed by atoms with Crippen LogP contribution in [0.1, 0.15) is 5.82 Å². The Balaban J connectivity index is 2.53. The molecule has 0 bridgehead atoms. The third kappa shape index (κ3) is 2.88. The minimum atomic E-state index is -4.25. The van der Waals surface area contributed by atoms with Gasteiger partial charge in [-0.2, -0.15) is 4.80 Å². The summed E-state index contributed by atoms with van der Waals surface area (Å²) in [6.45, 7) is -0.150. The molecule has 0 amide bonds. The van der Waals surface area contributed by atoms with Crippen molar-refractivity contribution in [3.63, 3.8) is 0 Å². The molecule has 0 saturated heterocycles. The zero-order valence-electron chi connectivity index (χ0n) is 9.44. The number of aromatic nitrogens is 6. The number of hydrogen-bond donors (Lipinski definition) is 1. The second-order valence-electron chi connectivity index (χ2n) is 3.51. The third-order valence-electron chi connectivity index (χ3n) is 2.10. The maximum atomic E-state index is 11.5. The van der Waals surface area contributed by atoms with Crippen molar-refractivity contribution in [2.24, 2.45) is 7.05 Å². The zero-order chi connectivity index (χ0) is 14.2. The largest absolute Gasteiger partial charge is 0.328 e. The summed E-state index contributed by atoms with van der Waals surface area (Å²) in [5.41, 5.74) is -1.88. The van der Waals surface area contributed by atoms with Gasteiger partial charge in [0.05, 0.1) is 13.6 Å². The smallest absolute Gasteiger partial charge is 0.291 e. The Kier molecular flexibility index (Phi) is 3.24. The molecule has 19 heavy (non-hydrogen) atoms. The Hall–Kier alpha value is -2.01. The molecular weight excluding hydrogens is 300 g/mol. The van der Waals surface area contributed by atoms with Crippen LogP contribution in [0.5, 0.6) is 0 Å². The molecule has 1 N–H and O–H groups in total. The average Bonchev–Trinajstić information content (AvgIpc) is 2.66. The fourth-order valence-corrected chi connectivity index (χ4v) is 2.17. The molecule has 0 aromatic carbocycles. The zero-order valence-corrected chi connectivity index (χ0v) is 11.0. The molecule has 0 atom stereocenters. The molecule has 10 nitrogen and oxygen atoms in total. The van der Waals surface area contributed by atoms with Crippen LogP contribution >= 0.6 is 10.7 Å². The topological polar surface area (TPSA) is 133 Å². The Morgan fingerprint density at radius 2 is 2.11 bits per heavy atom. The fourth-order valence-electron chi connectivity index (χ4n) is 1.32. The number of halogens is 1. The molecule has 0 aliphatic rings. The summed E-state index contributed by atoms with van der Waals surface area (Å²) in [4.78, 5) is 25.1. The Labute approximate surface area is 110 Å². The number of rotatable bonds is 3. The molecule has 2 aromatic rings. The normalized spacial score (nSPS) is 11.7. The van der Waals surface area contributed by atoms with E-state index < -0.39 is 25.2 Å². The molecule has 2 heterocycles. The number of aromatic amines is 1. The van der Waals surface area contributed by atoms with Crippen molar-refractivity contribution < 1.29 is 8.42 Å². The maximum absolute atomic E-state index is 11.5. The number of nitrogens with zero attached hydrogens (tertiary/aromatic N) is 5. The first kappa shape index (κ1) is 13.4. The van der Waals surface area contributed by atoms with E-state index in [0.717, 1.165) is 10.8 Å². The van der Waals surface area contributed by atoms with Crippen LogP contribution in [0.15, 0.2) is 20.7 Å². The van der Waals surface area contributed by atoms with Gasteiger partial charge in [-0.05, 0) is 5.21 Å². The first-order valence-electron chi connectivity index (χ1n) is 4.78. The van der Waals surface area contributed by atoms with Crippen molar-refractivity contribution in [3.05, 3.63) is 32.9 Å². The second-order valence-corrected chi connectivity index (χ2v) is 6.05. The van der Waals surface area contributed by atoms with Gasteiger partial charge in [-0.25, -0.2) is 13.2 Å². The van der Waals surface area contributed by atoms with Gasteiger partial charge in [0, 0.05) is 16.9 Å². The van der Waals surface area contributed by atoms with E-state index in [0.29, 0.717) is 0 Å². The SMILES string of the molecule is Cn1nnc(Cn2cc(S(=O)(=O)Cl)c(=O)[nH]c2=O)n1. The van der Waals surface area contributed by atoms with Crippen molar-refractivity contribution in [2.45, 2.75) is 11.4 Å². The minimum Gasteiger partial charge on any atom is -0.291 e. The van der Waals surface area contributed by atoms with Crippen molar-refractivity contribution in [1.29, 1.82) is 0 Å². The molecule has 2 aromatic heterocycles. The maximum Gasteiger partial charge on any atom is 0.328 e. The standard InChI is InChI=1S/C7H7ClN6O4S/c1-13-11-5(10-12-13)3-14-2-4(19(8,17)18)6(15)9-7(14)16/h2H,3H2,1H3,(H,9,15,16). The predicted octanol–water partition coefficient (Wildman–Crippen LogP) is -1.96. The minimum absolute atomic E-state index is 0.150. The summed E-state index contributed by atoms with van der Waals surface area (Å²) in [6.07, 6.45) is 0.833. The van der Waals surface area contributed by atoms with Crippen LogP contribution in [0.25, 0.3) is 0 Å². The summed E-state index contributed by atoms with van der Waals surface area (Å²) >= 11 is 0. The van der Waals surface area contributed by atoms with Crippen LogP contribution in [-0.4, -0.2) is 38.2 Å². The van der Waals surface area contributed by atoms with E-state index in [9.17, 15) is 18.0 Å². The van der Waals surface area contributed by atoms with E-state index in [-0.39, 0.29) is 12.4 Å². The lowest BCUT2D eigenvalue weighted by atomic mass is 10.5. The first-order chi connectivity index (χ1) is 8.77. The van der Waals surface area contributed by atoms with Gasteiger partial charge < -0.3 is 0 Å². The molecule has 0 saturated carbocycles. The lowest BCUT2D eigenvalue weighted by Crippen LogP contribution is -2.32. The van der Waals surface area contributed by atoms with E-state index in [1.54, 1.807) is 0 Å². The van der Waals surface area contributed by atoms with Crippen molar-refractivity contribution in [1.82, 2.24) is 29.8 Å². The highest BCUT2D eigenvalue weighted by molar-refractivity contribution is 8.13. The van der Waals surface area contributed by atoms with Crippen LogP contribution in [0, 0.1) is 0 Å². The van der Waals surface area contributed by atoms with E-state index >= 15 is 0 Å². The van der Waals surface area contributed by atoms with Crippen LogP contribution in [-0.2, 0) is 22.6 Å². The van der Waals surface area contributed by atoms with E-state index in [4.69, 9.17) is 10.7 Å². The van der Waals surface area contributed by atoms with Gasteiger partial charge in [0.2, 0.25) is 0 Å². The average molecular weight is 307 g/mol. The van der Waals surface area contributed by atoms with Crippen molar-refractivity contribution in [3.8, 4) is 0 Å². The third-order valence-corrected chi connectivity index (χ3v) is 3.42. The van der Waals surface area contributed by atoms with Crippen molar-refractivity contribution in [2.75, 3.05) is 0 Å². The molecule has 0 unspecified atom stereocenters. The summed E-state index contributed by atoms with van der Waals surface area (Å²) in [5.74, 6) is 0.176. The van der Waals surface area contributed by atoms with E-state index in [1.165, 1.54) is 11.8 Å². The van der Waals surface area contributed by atoms with Gasteiger partial charge in [-0.3, -0.25) is 14.3 Å². The summed E-state index contributed by atoms with van der Waals surface area (Å²) in [7, 11) is 2.36. The van der Waals surface area contributed by atoms with Gasteiger partial charge >= 0.3 is 5.69 Å². The van der Waals surface area contributed by atoms with Gasteiger partial charge in [-0.1, -0.05) is 0 Å². The number of H-pyrrole nitrogens is 1. The van der Waals surface area contributed by atoms with Crippen LogP contribution in [0.4, 0.5) is 0 Å². The van der Waals surface area contributed by atoms with Gasteiger partial charge in [0.15, 0.2) is 10.7 Å². The summed E-state index contributed by atoms with van der Waals surface area (Å²) in [5, 5.41) is 11.0. The van der Waals surface area contributed by atoms with Gasteiger partial charge in [-0.15, -0.1) is 10.2 Å². The second kappa shape index (κ2) is 4.59. The highest BCUT2D eigenvalue weighted by atomic mass is 35.7. The lowest BCUT2D eigenvalue weighted by Gasteiger charge is -2.02. The Morgan fingerprint density at radius 3 is 2.63 bits per heavy atom. The van der Waals surface area contributed by atoms with E-state index in [1.807, 2.05) is 4.98 Å². The monoisotopic (exact) mass is 306 g/mol. The number of hydrogen-bond acceptors (Lipinski definition) is 7. The number of tetrazole rings is 1. The fraction of sp³-hybridized carbons (Fsp3) is 0.286. The Morgan fingerprint density at radius 1 is 1.42 bits per heavy atom. The molecule has 0 fully saturated rings. The van der Waals surface area contributed by atoms with Crippen LogP contribution in [0.3, 0.4) is 0 Å². The molecule has 0 radical (unpaired) electrons. The molecule has 12 heteroatoms. The molecule has 0 aliphatic heterocycles. The van der Waals surface area contributed by atoms with Crippen molar-refractivity contribution >= 4 is 19.7 Å². The number of nitrogens with one attached hydrogen (secondary N) is 1. The van der Waals surface area contributed by atoms with Gasteiger partial charge in [0.1, 0.15) is 0 Å². The number of aryl methyl sites for hydroxylation is 1. The highest BCUT2D eigenvalue weighted by Crippen LogP contribution is 2.07. The Bertz CT molecular complexity index is 834. The van der Waals surface area contributed by atoms with Crippen LogP contribution < -0.4 is 11.2 Å².